The summed E-state index contributed by atoms with van der Waals surface area (Å²) in [7, 11) is 0. The molecule has 5 heteroatoms. The van der Waals surface area contributed by atoms with E-state index in [1.54, 1.807) is 5.38 Å². The van der Waals surface area contributed by atoms with Crippen LogP contribution in [0.1, 0.15) is 23.2 Å². The van der Waals surface area contributed by atoms with Crippen LogP contribution in [-0.4, -0.2) is 16.1 Å². The van der Waals surface area contributed by atoms with Gasteiger partial charge in [0.2, 0.25) is 0 Å². The number of aromatic nitrogens is 1. The van der Waals surface area contributed by atoms with Gasteiger partial charge in [0.05, 0.1) is 12.1 Å². The van der Waals surface area contributed by atoms with E-state index in [0.717, 1.165) is 17.2 Å². The smallest absolute Gasteiger partial charge is 0.309 e. The average molecular weight is 274 g/mol. The van der Waals surface area contributed by atoms with Gasteiger partial charge in [0.25, 0.3) is 0 Å². The Kier molecular flexibility index (Phi) is 3.21. The first-order valence-corrected chi connectivity index (χ1v) is 7.14. The fourth-order valence-electron chi connectivity index (χ4n) is 2.37. The van der Waals surface area contributed by atoms with E-state index >= 15 is 0 Å². The largest absolute Gasteiger partial charge is 0.481 e. The van der Waals surface area contributed by atoms with E-state index in [1.807, 2.05) is 0 Å². The number of thiazole rings is 1. The lowest BCUT2D eigenvalue weighted by atomic mass is 10.1. The number of aryl methyl sites for hydroxylation is 2. The van der Waals surface area contributed by atoms with Crippen molar-refractivity contribution < 1.29 is 9.90 Å². The van der Waals surface area contributed by atoms with Gasteiger partial charge in [0.15, 0.2) is 5.13 Å². The molecule has 2 N–H and O–H groups in total. The maximum atomic E-state index is 10.6. The number of hydrogen-bond acceptors (Lipinski definition) is 4. The molecule has 0 saturated carbocycles. The standard InChI is InChI=1S/C14H14N2O2S/c17-13(18)7-12-8-19-14(16-12)15-11-5-4-9-2-1-3-10(9)6-11/h4-6,8H,1-3,7H2,(H,15,16)(H,17,18). The van der Waals surface area contributed by atoms with Crippen LogP contribution in [-0.2, 0) is 24.1 Å². The number of carboxylic acid groups (broad SMARTS) is 1. The summed E-state index contributed by atoms with van der Waals surface area (Å²) in [5.74, 6) is -0.852. The first-order chi connectivity index (χ1) is 9.20. The van der Waals surface area contributed by atoms with Crippen LogP contribution in [0.3, 0.4) is 0 Å². The minimum Gasteiger partial charge on any atom is -0.481 e. The normalized spacial score (nSPS) is 13.3. The van der Waals surface area contributed by atoms with Crippen molar-refractivity contribution in [3.05, 3.63) is 40.4 Å². The van der Waals surface area contributed by atoms with Crippen molar-refractivity contribution in [2.24, 2.45) is 0 Å². The maximum absolute atomic E-state index is 10.6. The number of hydrogen-bond donors (Lipinski definition) is 2. The summed E-state index contributed by atoms with van der Waals surface area (Å²) in [5, 5.41) is 14.5. The number of carbonyl (C=O) groups is 1. The Balaban J connectivity index is 1.74. The number of carboxylic acids is 1. The Morgan fingerprint density at radius 3 is 3.05 bits per heavy atom. The third kappa shape index (κ3) is 2.76. The molecular weight excluding hydrogens is 260 g/mol. The van der Waals surface area contributed by atoms with Gasteiger partial charge in [-0.2, -0.15) is 0 Å². The molecule has 1 aromatic heterocycles. The predicted molar refractivity (Wildman–Crippen MR) is 75.2 cm³/mol. The molecule has 0 atom stereocenters. The topological polar surface area (TPSA) is 62.2 Å². The molecule has 1 heterocycles. The minimum atomic E-state index is -0.852. The molecule has 2 aromatic rings. The average Bonchev–Trinajstić information content (AvgIpc) is 2.97. The lowest BCUT2D eigenvalue weighted by molar-refractivity contribution is -0.136. The van der Waals surface area contributed by atoms with Gasteiger partial charge < -0.3 is 10.4 Å². The molecule has 4 nitrogen and oxygen atoms in total. The van der Waals surface area contributed by atoms with E-state index in [4.69, 9.17) is 5.11 Å². The van der Waals surface area contributed by atoms with Crippen molar-refractivity contribution in [2.75, 3.05) is 5.32 Å². The van der Waals surface area contributed by atoms with Crippen molar-refractivity contribution in [2.45, 2.75) is 25.7 Å². The zero-order chi connectivity index (χ0) is 13.2. The Labute approximate surface area is 115 Å². The number of aliphatic carboxylic acids is 1. The van der Waals surface area contributed by atoms with Gasteiger partial charge in [0, 0.05) is 11.1 Å². The molecule has 1 aliphatic carbocycles. The second-order valence-electron chi connectivity index (χ2n) is 4.68. The van der Waals surface area contributed by atoms with Gasteiger partial charge >= 0.3 is 5.97 Å². The minimum absolute atomic E-state index is 0.0254. The highest BCUT2D eigenvalue weighted by atomic mass is 32.1. The van der Waals surface area contributed by atoms with E-state index in [2.05, 4.69) is 28.5 Å². The zero-order valence-electron chi connectivity index (χ0n) is 10.3. The molecule has 0 unspecified atom stereocenters. The summed E-state index contributed by atoms with van der Waals surface area (Å²) in [6.07, 6.45) is 3.53. The Morgan fingerprint density at radius 1 is 1.37 bits per heavy atom. The fraction of sp³-hybridized carbons (Fsp3) is 0.286. The highest BCUT2D eigenvalue weighted by molar-refractivity contribution is 7.13. The number of anilines is 2. The first-order valence-electron chi connectivity index (χ1n) is 6.26. The number of benzene rings is 1. The van der Waals surface area contributed by atoms with E-state index in [1.165, 1.54) is 35.3 Å². The molecule has 0 spiro atoms. The predicted octanol–water partition coefficient (Wildman–Crippen LogP) is 3.00. The van der Waals surface area contributed by atoms with Crippen molar-refractivity contribution in [3.8, 4) is 0 Å². The van der Waals surface area contributed by atoms with Gasteiger partial charge in [-0.3, -0.25) is 4.79 Å². The van der Waals surface area contributed by atoms with Crippen LogP contribution in [0.25, 0.3) is 0 Å². The first kappa shape index (κ1) is 12.2. The van der Waals surface area contributed by atoms with Gasteiger partial charge in [-0.15, -0.1) is 11.3 Å². The molecule has 1 aliphatic rings. The maximum Gasteiger partial charge on any atom is 0.309 e. The summed E-state index contributed by atoms with van der Waals surface area (Å²) < 4.78 is 0. The molecule has 0 aliphatic heterocycles. The van der Waals surface area contributed by atoms with E-state index in [0.29, 0.717) is 5.69 Å². The van der Waals surface area contributed by atoms with Crippen LogP contribution in [0.2, 0.25) is 0 Å². The molecule has 0 fully saturated rings. The molecular formula is C14H14N2O2S. The molecule has 19 heavy (non-hydrogen) atoms. The monoisotopic (exact) mass is 274 g/mol. The summed E-state index contributed by atoms with van der Waals surface area (Å²) in [6, 6.07) is 6.39. The summed E-state index contributed by atoms with van der Waals surface area (Å²) in [5.41, 5.74) is 4.47. The summed E-state index contributed by atoms with van der Waals surface area (Å²) in [6.45, 7) is 0. The second-order valence-corrected chi connectivity index (χ2v) is 5.53. The Morgan fingerprint density at radius 2 is 2.21 bits per heavy atom. The highest BCUT2D eigenvalue weighted by Gasteiger charge is 2.11. The number of nitrogens with one attached hydrogen (secondary N) is 1. The molecule has 98 valence electrons. The fourth-order valence-corrected chi connectivity index (χ4v) is 3.10. The van der Waals surface area contributed by atoms with E-state index in [-0.39, 0.29) is 6.42 Å². The molecule has 0 saturated heterocycles. The van der Waals surface area contributed by atoms with Crippen LogP contribution >= 0.6 is 11.3 Å². The van der Waals surface area contributed by atoms with Gasteiger partial charge in [-0.05, 0) is 42.5 Å². The molecule has 3 rings (SSSR count). The van der Waals surface area contributed by atoms with Crippen LogP contribution in [0.4, 0.5) is 10.8 Å². The molecule has 0 radical (unpaired) electrons. The van der Waals surface area contributed by atoms with Gasteiger partial charge in [-0.25, -0.2) is 4.98 Å². The van der Waals surface area contributed by atoms with Crippen molar-refractivity contribution in [3.63, 3.8) is 0 Å². The number of fused-ring (bicyclic) bond motifs is 1. The molecule has 0 amide bonds. The van der Waals surface area contributed by atoms with Crippen molar-refractivity contribution >= 4 is 28.1 Å². The van der Waals surface area contributed by atoms with Gasteiger partial charge in [0.1, 0.15) is 0 Å². The van der Waals surface area contributed by atoms with Gasteiger partial charge in [-0.1, -0.05) is 6.07 Å². The lowest BCUT2D eigenvalue weighted by Crippen LogP contribution is -2.00. The second kappa shape index (κ2) is 5.01. The summed E-state index contributed by atoms with van der Waals surface area (Å²) in [4.78, 5) is 14.9. The van der Waals surface area contributed by atoms with Crippen molar-refractivity contribution in [1.82, 2.24) is 4.98 Å². The van der Waals surface area contributed by atoms with Crippen molar-refractivity contribution in [1.29, 1.82) is 0 Å². The third-order valence-electron chi connectivity index (χ3n) is 3.23. The third-order valence-corrected chi connectivity index (χ3v) is 4.04. The van der Waals surface area contributed by atoms with E-state index < -0.39 is 5.97 Å². The van der Waals surface area contributed by atoms with Crippen LogP contribution in [0.15, 0.2) is 23.6 Å². The number of rotatable bonds is 4. The van der Waals surface area contributed by atoms with Crippen LogP contribution < -0.4 is 5.32 Å². The van der Waals surface area contributed by atoms with Crippen LogP contribution in [0.5, 0.6) is 0 Å². The Hall–Kier alpha value is -1.88. The lowest BCUT2D eigenvalue weighted by Gasteiger charge is -2.05. The zero-order valence-corrected chi connectivity index (χ0v) is 11.2. The molecule has 0 bridgehead atoms. The number of nitrogens with zero attached hydrogens (tertiary/aromatic N) is 1. The summed E-state index contributed by atoms with van der Waals surface area (Å²) >= 11 is 1.43. The molecule has 1 aromatic carbocycles. The Bertz CT molecular complexity index is 622. The quantitative estimate of drug-likeness (QED) is 0.899. The SMILES string of the molecule is O=C(O)Cc1csc(Nc2ccc3c(c2)CCC3)n1. The van der Waals surface area contributed by atoms with E-state index in [9.17, 15) is 4.79 Å². The van der Waals surface area contributed by atoms with Crippen LogP contribution in [0, 0.1) is 0 Å². The highest BCUT2D eigenvalue weighted by Crippen LogP contribution is 2.27.